The van der Waals surface area contributed by atoms with Crippen molar-refractivity contribution in [3.63, 3.8) is 0 Å². The summed E-state index contributed by atoms with van der Waals surface area (Å²) < 4.78 is 0.928. The number of hydrogen-bond acceptors (Lipinski definition) is 3. The van der Waals surface area contributed by atoms with Crippen LogP contribution in [0.5, 0.6) is 0 Å². The molecule has 0 atom stereocenters. The standard InChI is InChI=1S/C14H10BrNO2S/c15-13-7-9(8-19-13)14(18)16-6-5-12(17)10-3-1-2-4-11(10)16/h1-4,7-8H,5-6H2. The minimum atomic E-state index is -0.0538. The van der Waals surface area contributed by atoms with Crippen LogP contribution >= 0.6 is 27.3 Å². The highest BCUT2D eigenvalue weighted by molar-refractivity contribution is 9.11. The Morgan fingerprint density at radius 1 is 1.32 bits per heavy atom. The molecule has 3 rings (SSSR count). The van der Waals surface area contributed by atoms with Crippen LogP contribution in [0.3, 0.4) is 0 Å². The molecule has 2 heterocycles. The molecule has 2 aromatic rings. The van der Waals surface area contributed by atoms with Gasteiger partial charge in [-0.25, -0.2) is 0 Å². The van der Waals surface area contributed by atoms with Crippen LogP contribution < -0.4 is 4.90 Å². The zero-order chi connectivity index (χ0) is 13.4. The molecule has 0 bridgehead atoms. The third-order valence-corrected chi connectivity index (χ3v) is 4.62. The van der Waals surface area contributed by atoms with Crippen molar-refractivity contribution in [1.29, 1.82) is 0 Å². The smallest absolute Gasteiger partial charge is 0.259 e. The minimum Gasteiger partial charge on any atom is -0.307 e. The van der Waals surface area contributed by atoms with Crippen LogP contribution in [-0.4, -0.2) is 18.2 Å². The van der Waals surface area contributed by atoms with Gasteiger partial charge in [0, 0.05) is 23.9 Å². The van der Waals surface area contributed by atoms with Gasteiger partial charge in [-0.15, -0.1) is 11.3 Å². The Balaban J connectivity index is 2.01. The summed E-state index contributed by atoms with van der Waals surface area (Å²) in [6.07, 6.45) is 0.383. The zero-order valence-corrected chi connectivity index (χ0v) is 12.3. The first-order valence-corrected chi connectivity index (χ1v) is 7.52. The number of ketones is 1. The Morgan fingerprint density at radius 3 is 2.84 bits per heavy atom. The number of carbonyl (C=O) groups is 2. The SMILES string of the molecule is O=C1CCN(C(=O)c2csc(Br)c2)c2ccccc21. The molecule has 1 aliphatic rings. The molecule has 0 unspecified atom stereocenters. The van der Waals surface area contributed by atoms with E-state index in [1.807, 2.05) is 29.6 Å². The Morgan fingerprint density at radius 2 is 2.11 bits per heavy atom. The molecule has 0 saturated heterocycles. The maximum atomic E-state index is 12.5. The third-order valence-electron chi connectivity index (χ3n) is 3.12. The summed E-state index contributed by atoms with van der Waals surface area (Å²) in [5.41, 5.74) is 2.00. The number of anilines is 1. The molecule has 0 N–H and O–H groups in total. The lowest BCUT2D eigenvalue weighted by atomic mass is 10.00. The second-order valence-electron chi connectivity index (χ2n) is 4.29. The average Bonchev–Trinajstić information content (AvgIpc) is 2.86. The largest absolute Gasteiger partial charge is 0.307 e. The molecule has 5 heteroatoms. The topological polar surface area (TPSA) is 37.4 Å². The lowest BCUT2D eigenvalue weighted by Gasteiger charge is -2.28. The van der Waals surface area contributed by atoms with Gasteiger partial charge in [-0.3, -0.25) is 9.59 Å². The van der Waals surface area contributed by atoms with Gasteiger partial charge in [0.1, 0.15) is 0 Å². The predicted molar refractivity (Wildman–Crippen MR) is 79.1 cm³/mol. The lowest BCUT2D eigenvalue weighted by Crippen LogP contribution is -2.37. The number of carbonyl (C=O) groups excluding carboxylic acids is 2. The van der Waals surface area contributed by atoms with Crippen molar-refractivity contribution in [2.45, 2.75) is 6.42 Å². The number of fused-ring (bicyclic) bond motifs is 1. The fraction of sp³-hybridized carbons (Fsp3) is 0.143. The second kappa shape index (κ2) is 4.90. The maximum absolute atomic E-state index is 12.5. The normalized spacial score (nSPS) is 14.4. The van der Waals surface area contributed by atoms with E-state index in [-0.39, 0.29) is 11.7 Å². The lowest BCUT2D eigenvalue weighted by molar-refractivity contribution is 0.0955. The highest BCUT2D eigenvalue weighted by atomic mass is 79.9. The number of rotatable bonds is 1. The molecule has 1 amide bonds. The van der Waals surface area contributed by atoms with E-state index in [0.717, 1.165) is 3.79 Å². The molecule has 0 radical (unpaired) electrons. The van der Waals surface area contributed by atoms with E-state index in [9.17, 15) is 9.59 Å². The fourth-order valence-corrected chi connectivity index (χ4v) is 3.33. The van der Waals surface area contributed by atoms with Gasteiger partial charge in [-0.2, -0.15) is 0 Å². The van der Waals surface area contributed by atoms with Crippen LogP contribution in [0, 0.1) is 0 Å². The Kier molecular flexibility index (Phi) is 3.24. The zero-order valence-electron chi connectivity index (χ0n) is 9.93. The number of hydrogen-bond donors (Lipinski definition) is 0. The average molecular weight is 336 g/mol. The van der Waals surface area contributed by atoms with Gasteiger partial charge in [0.25, 0.3) is 5.91 Å². The fourth-order valence-electron chi connectivity index (χ4n) is 2.20. The van der Waals surface area contributed by atoms with E-state index < -0.39 is 0 Å². The summed E-state index contributed by atoms with van der Waals surface area (Å²) in [4.78, 5) is 26.0. The van der Waals surface area contributed by atoms with Crippen LogP contribution in [0.4, 0.5) is 5.69 Å². The highest BCUT2D eigenvalue weighted by Crippen LogP contribution is 2.29. The van der Waals surface area contributed by atoms with Crippen LogP contribution in [0.15, 0.2) is 39.5 Å². The quantitative estimate of drug-likeness (QED) is 0.795. The van der Waals surface area contributed by atoms with Gasteiger partial charge in [0.15, 0.2) is 5.78 Å². The van der Waals surface area contributed by atoms with Gasteiger partial charge in [-0.05, 0) is 34.1 Å². The second-order valence-corrected chi connectivity index (χ2v) is 6.58. The number of thiophene rings is 1. The highest BCUT2D eigenvalue weighted by Gasteiger charge is 2.27. The maximum Gasteiger partial charge on any atom is 0.259 e. The molecule has 1 aliphatic heterocycles. The van der Waals surface area contributed by atoms with Crippen molar-refractivity contribution in [2.24, 2.45) is 0 Å². The van der Waals surface area contributed by atoms with E-state index >= 15 is 0 Å². The van der Waals surface area contributed by atoms with E-state index in [1.165, 1.54) is 11.3 Å². The Bertz CT molecular complexity index is 665. The van der Waals surface area contributed by atoms with Crippen LogP contribution in [-0.2, 0) is 0 Å². The third kappa shape index (κ3) is 2.24. The van der Waals surface area contributed by atoms with Crippen molar-refractivity contribution in [3.8, 4) is 0 Å². The van der Waals surface area contributed by atoms with Crippen molar-refractivity contribution >= 4 is 44.6 Å². The molecule has 0 aliphatic carbocycles. The monoisotopic (exact) mass is 335 g/mol. The summed E-state index contributed by atoms with van der Waals surface area (Å²) in [7, 11) is 0. The Labute approximate surface area is 123 Å². The summed E-state index contributed by atoms with van der Waals surface area (Å²) in [6, 6.07) is 9.09. The molecule has 0 fully saturated rings. The molecule has 0 spiro atoms. The summed E-state index contributed by atoms with van der Waals surface area (Å²) in [5.74, 6) is 0.0491. The van der Waals surface area contributed by atoms with Crippen LogP contribution in [0.25, 0.3) is 0 Å². The van der Waals surface area contributed by atoms with Crippen molar-refractivity contribution < 1.29 is 9.59 Å². The number of para-hydroxylation sites is 1. The van der Waals surface area contributed by atoms with Gasteiger partial charge < -0.3 is 4.90 Å². The molecule has 19 heavy (non-hydrogen) atoms. The molecule has 3 nitrogen and oxygen atoms in total. The molecular weight excluding hydrogens is 326 g/mol. The van der Waals surface area contributed by atoms with E-state index in [0.29, 0.717) is 29.8 Å². The molecule has 96 valence electrons. The van der Waals surface area contributed by atoms with E-state index in [1.54, 1.807) is 11.0 Å². The summed E-state index contributed by atoms with van der Waals surface area (Å²) in [6.45, 7) is 0.447. The number of benzene rings is 1. The van der Waals surface area contributed by atoms with Crippen molar-refractivity contribution in [1.82, 2.24) is 0 Å². The number of halogens is 1. The number of amides is 1. The first-order chi connectivity index (χ1) is 9.16. The number of nitrogens with zero attached hydrogens (tertiary/aromatic N) is 1. The van der Waals surface area contributed by atoms with Gasteiger partial charge >= 0.3 is 0 Å². The first-order valence-electron chi connectivity index (χ1n) is 5.85. The van der Waals surface area contributed by atoms with Crippen LogP contribution in [0.1, 0.15) is 27.1 Å². The number of Topliss-reactive ketones (excluding diaryl/α,β-unsaturated/α-hetero) is 1. The van der Waals surface area contributed by atoms with Crippen LogP contribution in [0.2, 0.25) is 0 Å². The van der Waals surface area contributed by atoms with Gasteiger partial charge in [0.2, 0.25) is 0 Å². The molecular formula is C14H10BrNO2S. The minimum absolute atomic E-state index is 0.0538. The van der Waals surface area contributed by atoms with Gasteiger partial charge in [0.05, 0.1) is 15.0 Å². The molecule has 0 saturated carbocycles. The predicted octanol–water partition coefficient (Wildman–Crippen LogP) is 3.74. The Hall–Kier alpha value is -1.46. The molecule has 1 aromatic carbocycles. The van der Waals surface area contributed by atoms with Crippen molar-refractivity contribution in [3.05, 3.63) is 50.6 Å². The molecule has 1 aromatic heterocycles. The first kappa shape index (κ1) is 12.6. The van der Waals surface area contributed by atoms with E-state index in [2.05, 4.69) is 15.9 Å². The van der Waals surface area contributed by atoms with Crippen molar-refractivity contribution in [2.75, 3.05) is 11.4 Å². The summed E-state index contributed by atoms with van der Waals surface area (Å²) >= 11 is 4.84. The van der Waals surface area contributed by atoms with Gasteiger partial charge in [-0.1, -0.05) is 12.1 Å². The van der Waals surface area contributed by atoms with E-state index in [4.69, 9.17) is 0 Å². The summed E-state index contributed by atoms with van der Waals surface area (Å²) in [5, 5.41) is 1.82.